The van der Waals surface area contributed by atoms with Crippen molar-refractivity contribution in [3.63, 3.8) is 0 Å². The Morgan fingerprint density at radius 2 is 0.800 bits per heavy atom. The molecule has 0 amide bonds. The molecule has 8 aromatic rings. The van der Waals surface area contributed by atoms with Crippen LogP contribution in [0.15, 0.2) is 146 Å². The average molecular weight is 927 g/mol. The first kappa shape index (κ1) is 36.9. The van der Waals surface area contributed by atoms with Crippen LogP contribution in [0.3, 0.4) is 0 Å². The third-order valence-electron chi connectivity index (χ3n) is 12.4. The first-order chi connectivity index (χ1) is 26.1. The van der Waals surface area contributed by atoms with Gasteiger partial charge in [0.15, 0.2) is 0 Å². The predicted molar refractivity (Wildman–Crippen MR) is 240 cm³/mol. The number of hydrogen-bond acceptors (Lipinski definition) is 0. The van der Waals surface area contributed by atoms with E-state index in [0.29, 0.717) is 11.3 Å². The molecule has 0 bridgehead atoms. The quantitative estimate of drug-likeness (QED) is 0.144. The minimum atomic E-state index is -0.557. The first-order valence-corrected chi connectivity index (χ1v) is 22.9. The van der Waals surface area contributed by atoms with Crippen molar-refractivity contribution < 1.29 is 20.1 Å². The van der Waals surface area contributed by atoms with Gasteiger partial charge in [0.25, 0.3) is 0 Å². The molecule has 2 heterocycles. The van der Waals surface area contributed by atoms with Crippen molar-refractivity contribution in [3.8, 4) is 22.3 Å². The van der Waals surface area contributed by atoms with Gasteiger partial charge in [-0.2, -0.15) is 0 Å². The minimum Gasteiger partial charge on any atom is -0.0880 e. The summed E-state index contributed by atoms with van der Waals surface area (Å²) >= 11 is 0. The molecule has 0 aliphatic carbocycles. The Bertz CT molecular complexity index is 2760. The molecule has 4 atom stereocenters. The van der Waals surface area contributed by atoms with Crippen LogP contribution >= 0.6 is 15.8 Å². The number of benzene rings is 8. The molecule has 10 rings (SSSR count). The van der Waals surface area contributed by atoms with Crippen molar-refractivity contribution in [1.82, 2.24) is 0 Å². The summed E-state index contributed by atoms with van der Waals surface area (Å²) in [5.41, 5.74) is 12.8. The van der Waals surface area contributed by atoms with Gasteiger partial charge in [-0.15, -0.1) is 0 Å². The summed E-state index contributed by atoms with van der Waals surface area (Å²) in [5, 5.41) is 11.1. The maximum absolute atomic E-state index is 2.65. The van der Waals surface area contributed by atoms with Gasteiger partial charge in [0.05, 0.1) is 0 Å². The maximum Gasteiger partial charge on any atom is 3.00 e. The zero-order valence-corrected chi connectivity index (χ0v) is 36.8. The Labute approximate surface area is 342 Å². The van der Waals surface area contributed by atoms with Crippen LogP contribution in [0.5, 0.6) is 0 Å². The largest absolute Gasteiger partial charge is 3.00 e. The number of rotatable bonds is 1. The van der Waals surface area contributed by atoms with Crippen LogP contribution < -0.4 is 0 Å². The summed E-state index contributed by atoms with van der Waals surface area (Å²) in [5.74, 6) is 0. The van der Waals surface area contributed by atoms with Crippen molar-refractivity contribution in [1.29, 1.82) is 0 Å². The van der Waals surface area contributed by atoms with Gasteiger partial charge in [-0.3, -0.25) is 0 Å². The molecule has 3 heteroatoms. The molecule has 0 spiro atoms. The summed E-state index contributed by atoms with van der Waals surface area (Å²) in [6.07, 6.45) is 2.24. The molecule has 0 saturated carbocycles. The zero-order valence-electron chi connectivity index (χ0n) is 32.7. The van der Waals surface area contributed by atoms with Crippen molar-refractivity contribution >= 4 is 58.9 Å². The number of hydrogen-bond donors (Lipinski definition) is 0. The Morgan fingerprint density at radius 3 is 1.33 bits per heavy atom. The fourth-order valence-corrected chi connectivity index (χ4v) is 17.3. The van der Waals surface area contributed by atoms with E-state index >= 15 is 0 Å². The average Bonchev–Trinajstić information content (AvgIpc) is 3.41. The van der Waals surface area contributed by atoms with Crippen molar-refractivity contribution in [3.05, 3.63) is 168 Å². The molecule has 0 N–H and O–H groups in total. The summed E-state index contributed by atoms with van der Waals surface area (Å²) in [6.45, 7) is 15.3. The molecule has 8 aromatic carbocycles. The molecule has 2 aliphatic rings. The second-order valence-electron chi connectivity index (χ2n) is 17.7. The summed E-state index contributed by atoms with van der Waals surface area (Å²) in [6, 6.07) is 56.6. The Kier molecular flexibility index (Phi) is 9.23. The molecule has 55 heavy (non-hydrogen) atoms. The minimum absolute atomic E-state index is 0. The van der Waals surface area contributed by atoms with E-state index in [1.165, 1.54) is 76.5 Å². The predicted octanol–water partition coefficient (Wildman–Crippen LogP) is 16.0. The molecule has 0 radical (unpaired) electrons. The van der Waals surface area contributed by atoms with Crippen LogP contribution in [-0.4, -0.2) is 10.3 Å². The second kappa shape index (κ2) is 13.8. The van der Waals surface area contributed by atoms with Crippen molar-refractivity contribution in [2.75, 3.05) is 0 Å². The third-order valence-corrected chi connectivity index (χ3v) is 20.0. The fraction of sp³-hybridized carbons (Fsp3) is 0.231. The van der Waals surface area contributed by atoms with E-state index in [1.807, 2.05) is 0 Å². The Hall–Kier alpha value is -3.69. The van der Waals surface area contributed by atoms with E-state index in [9.17, 15) is 0 Å². The third kappa shape index (κ3) is 6.05. The maximum atomic E-state index is 2.65. The molecule has 0 aromatic heterocycles. The van der Waals surface area contributed by atoms with Gasteiger partial charge in [0.2, 0.25) is 0 Å². The van der Waals surface area contributed by atoms with Gasteiger partial charge in [-0.05, 0) is 122 Å². The van der Waals surface area contributed by atoms with Crippen molar-refractivity contribution in [2.24, 2.45) is 0 Å². The van der Waals surface area contributed by atoms with E-state index in [0.717, 1.165) is 12.3 Å². The van der Waals surface area contributed by atoms with Gasteiger partial charge in [-0.25, -0.2) is 0 Å². The van der Waals surface area contributed by atoms with Crippen LogP contribution in [-0.2, 0) is 32.4 Å². The van der Waals surface area contributed by atoms with E-state index in [2.05, 4.69) is 187 Å². The molecule has 0 nitrogen and oxygen atoms in total. The smallest absolute Gasteiger partial charge is 0.0880 e. The summed E-state index contributed by atoms with van der Waals surface area (Å²) in [4.78, 5) is 0. The van der Waals surface area contributed by atoms with Crippen LogP contribution in [0, 0.1) is 0 Å². The molecule has 0 fully saturated rings. The van der Waals surface area contributed by atoms with Gasteiger partial charge in [0.1, 0.15) is 0 Å². The Balaban J connectivity index is 0.00000397. The molecular formula is C52H48IrP2+3. The fourth-order valence-electron chi connectivity index (χ4n) is 9.93. The molecule has 0 saturated heterocycles. The van der Waals surface area contributed by atoms with E-state index in [-0.39, 0.29) is 30.4 Å². The molecule has 272 valence electrons. The van der Waals surface area contributed by atoms with Gasteiger partial charge in [-0.1, -0.05) is 191 Å². The van der Waals surface area contributed by atoms with Gasteiger partial charge in [0, 0.05) is 11.3 Å². The summed E-state index contributed by atoms with van der Waals surface area (Å²) < 4.78 is 0. The molecular weight excluding hydrogens is 879 g/mol. The molecule has 2 aliphatic heterocycles. The van der Waals surface area contributed by atoms with E-state index in [4.69, 9.17) is 0 Å². The SMILES string of the molecule is CC(C)(C)P1Cc2ccc3ccccc3c2-c2cc3ccccc3cc2C1C1c2ccc3ccccc3c2-c2c(ccc3ccccc23)CP1C(C)(C)C.[Ir+3]. The van der Waals surface area contributed by atoms with Crippen LogP contribution in [0.1, 0.15) is 75.1 Å². The Morgan fingerprint density at radius 1 is 0.400 bits per heavy atom. The second-order valence-corrected chi connectivity index (χ2v) is 24.0. The zero-order chi connectivity index (χ0) is 36.9. The van der Waals surface area contributed by atoms with E-state index < -0.39 is 15.8 Å². The normalized spacial score (nSPS) is 19.5. The van der Waals surface area contributed by atoms with Crippen LogP contribution in [0.25, 0.3) is 65.3 Å². The standard InChI is InChI=1S/C52H48P2.Ir/c1-51(2,3)53-32-39-26-24-34-16-10-13-21-41(34)47(39)48-42-22-14-11-17-35(42)27-28-43(48)49(53)50-45-30-37-19-8-7-18-36(37)29-44(45)46-38(31-54(50)52(4,5)6)25-23-33-15-9-12-20-40(33)46;/h7-30,49-50H,31-32H2,1-6H3;/q;+3. The topological polar surface area (TPSA) is 0 Å². The van der Waals surface area contributed by atoms with Gasteiger partial charge < -0.3 is 0 Å². The van der Waals surface area contributed by atoms with Crippen molar-refractivity contribution in [2.45, 2.75) is 75.5 Å². The number of fused-ring (bicyclic) bond motifs is 13. The van der Waals surface area contributed by atoms with Crippen LogP contribution in [0.2, 0.25) is 0 Å². The van der Waals surface area contributed by atoms with Crippen LogP contribution in [0.4, 0.5) is 0 Å². The summed E-state index contributed by atoms with van der Waals surface area (Å²) in [7, 11) is -1.11. The van der Waals surface area contributed by atoms with E-state index in [1.54, 1.807) is 11.1 Å². The monoisotopic (exact) mass is 927 g/mol. The molecule has 4 unspecified atom stereocenters. The van der Waals surface area contributed by atoms with Gasteiger partial charge >= 0.3 is 20.1 Å². The first-order valence-electron chi connectivity index (χ1n) is 19.7.